The Bertz CT molecular complexity index is 366. The number of alkyl halides is 1. The molecule has 0 saturated carbocycles. The molecule has 1 unspecified atom stereocenters. The number of phenols is 2. The van der Waals surface area contributed by atoms with Gasteiger partial charge in [0.2, 0.25) is 0 Å². The molecule has 0 saturated heterocycles. The molecule has 0 fully saturated rings. The zero-order valence-corrected chi connectivity index (χ0v) is 8.95. The van der Waals surface area contributed by atoms with E-state index in [9.17, 15) is 9.90 Å². The first-order valence-electron chi connectivity index (χ1n) is 4.45. The van der Waals surface area contributed by atoms with Gasteiger partial charge in [0.05, 0.1) is 0 Å². The monoisotopic (exact) mass is 229 g/mol. The van der Waals surface area contributed by atoms with E-state index in [4.69, 9.17) is 16.7 Å². The van der Waals surface area contributed by atoms with Gasteiger partial charge in [0.15, 0.2) is 11.5 Å². The smallest absolute Gasteiger partial charge is 0.251 e. The van der Waals surface area contributed by atoms with Crippen molar-refractivity contribution < 1.29 is 15.0 Å². The molecule has 1 rings (SSSR count). The Labute approximate surface area is 92.5 Å². The Morgan fingerprint density at radius 1 is 1.47 bits per heavy atom. The second-order valence-corrected chi connectivity index (χ2v) is 3.94. The van der Waals surface area contributed by atoms with Crippen LogP contribution in [0.4, 0.5) is 0 Å². The van der Waals surface area contributed by atoms with E-state index in [1.807, 2.05) is 0 Å². The van der Waals surface area contributed by atoms with Gasteiger partial charge in [0.25, 0.3) is 5.91 Å². The van der Waals surface area contributed by atoms with Gasteiger partial charge in [0.1, 0.15) is 0 Å². The molecular formula is C10H12ClNO3. The molecule has 1 amide bonds. The van der Waals surface area contributed by atoms with Gasteiger partial charge in [0, 0.05) is 17.5 Å². The fourth-order valence-electron chi connectivity index (χ4n) is 1.00. The predicted molar refractivity (Wildman–Crippen MR) is 57.4 cm³/mol. The molecule has 3 N–H and O–H groups in total. The number of benzene rings is 1. The van der Waals surface area contributed by atoms with Gasteiger partial charge in [-0.15, -0.1) is 11.6 Å². The van der Waals surface area contributed by atoms with Crippen LogP contribution in [0.1, 0.15) is 17.3 Å². The third kappa shape index (κ3) is 3.32. The summed E-state index contributed by atoms with van der Waals surface area (Å²) < 4.78 is 0. The minimum atomic E-state index is -0.335. The van der Waals surface area contributed by atoms with Gasteiger partial charge in [-0.05, 0) is 25.1 Å². The second kappa shape index (κ2) is 4.89. The largest absolute Gasteiger partial charge is 0.504 e. The van der Waals surface area contributed by atoms with Crippen LogP contribution in [0.2, 0.25) is 0 Å². The summed E-state index contributed by atoms with van der Waals surface area (Å²) in [5.74, 6) is -0.906. The Balaban J connectivity index is 2.70. The summed E-state index contributed by atoms with van der Waals surface area (Å²) in [6, 6.07) is 3.88. The van der Waals surface area contributed by atoms with Crippen LogP contribution in [0.3, 0.4) is 0 Å². The van der Waals surface area contributed by atoms with Crippen molar-refractivity contribution in [2.75, 3.05) is 6.54 Å². The molecule has 0 aliphatic carbocycles. The summed E-state index contributed by atoms with van der Waals surface area (Å²) in [6.07, 6.45) is 0. The van der Waals surface area contributed by atoms with Crippen molar-refractivity contribution in [1.82, 2.24) is 5.32 Å². The molecule has 15 heavy (non-hydrogen) atoms. The highest BCUT2D eigenvalue weighted by molar-refractivity contribution is 6.20. The number of amides is 1. The number of phenolic OH excluding ortho intramolecular Hbond substituents is 2. The summed E-state index contributed by atoms with van der Waals surface area (Å²) in [6.45, 7) is 2.11. The highest BCUT2D eigenvalue weighted by Crippen LogP contribution is 2.24. The molecule has 82 valence electrons. The van der Waals surface area contributed by atoms with Crippen molar-refractivity contribution in [3.8, 4) is 11.5 Å². The summed E-state index contributed by atoms with van der Waals surface area (Å²) >= 11 is 5.66. The van der Waals surface area contributed by atoms with Gasteiger partial charge in [-0.3, -0.25) is 4.79 Å². The molecule has 0 aliphatic rings. The number of aromatic hydroxyl groups is 2. The maximum Gasteiger partial charge on any atom is 0.251 e. The average molecular weight is 230 g/mol. The quantitative estimate of drug-likeness (QED) is 0.543. The van der Waals surface area contributed by atoms with E-state index in [1.165, 1.54) is 18.2 Å². The maximum atomic E-state index is 11.5. The predicted octanol–water partition coefficient (Wildman–Crippen LogP) is 1.45. The first-order valence-corrected chi connectivity index (χ1v) is 4.88. The van der Waals surface area contributed by atoms with E-state index in [-0.39, 0.29) is 28.3 Å². The molecule has 1 atom stereocenters. The topological polar surface area (TPSA) is 69.6 Å². The van der Waals surface area contributed by atoms with E-state index < -0.39 is 0 Å². The SMILES string of the molecule is CC(Cl)CNC(=O)c1ccc(O)c(O)c1. The Morgan fingerprint density at radius 3 is 2.67 bits per heavy atom. The second-order valence-electron chi connectivity index (χ2n) is 3.19. The molecule has 0 bridgehead atoms. The van der Waals surface area contributed by atoms with E-state index in [1.54, 1.807) is 6.92 Å². The zero-order valence-electron chi connectivity index (χ0n) is 8.20. The van der Waals surface area contributed by atoms with E-state index in [0.717, 1.165) is 0 Å². The van der Waals surface area contributed by atoms with Crippen LogP contribution in [0.15, 0.2) is 18.2 Å². The fourth-order valence-corrected chi connectivity index (χ4v) is 1.08. The molecule has 0 heterocycles. The first-order chi connectivity index (χ1) is 7.00. The molecule has 0 spiro atoms. The van der Waals surface area contributed by atoms with Gasteiger partial charge < -0.3 is 15.5 Å². The van der Waals surface area contributed by atoms with Crippen LogP contribution >= 0.6 is 11.6 Å². The van der Waals surface area contributed by atoms with Crippen molar-refractivity contribution in [2.45, 2.75) is 12.3 Å². The average Bonchev–Trinajstić information content (AvgIpc) is 2.18. The van der Waals surface area contributed by atoms with Gasteiger partial charge in [-0.25, -0.2) is 0 Å². The summed E-state index contributed by atoms with van der Waals surface area (Å²) in [7, 11) is 0. The van der Waals surface area contributed by atoms with Crippen molar-refractivity contribution >= 4 is 17.5 Å². The molecule has 1 aromatic rings. The Morgan fingerprint density at radius 2 is 2.13 bits per heavy atom. The Hall–Kier alpha value is -1.42. The lowest BCUT2D eigenvalue weighted by Crippen LogP contribution is -2.28. The number of hydrogen-bond acceptors (Lipinski definition) is 3. The Kier molecular flexibility index (Phi) is 3.80. The summed E-state index contributed by atoms with van der Waals surface area (Å²) in [5.41, 5.74) is 0.280. The van der Waals surface area contributed by atoms with Crippen LogP contribution in [0.25, 0.3) is 0 Å². The minimum absolute atomic E-state index is 0.153. The first kappa shape index (κ1) is 11.7. The third-order valence-electron chi connectivity index (χ3n) is 1.78. The van der Waals surface area contributed by atoms with Gasteiger partial charge in [-0.2, -0.15) is 0 Å². The molecular weight excluding hydrogens is 218 g/mol. The van der Waals surface area contributed by atoms with Crippen molar-refractivity contribution in [1.29, 1.82) is 0 Å². The number of carbonyl (C=O) groups excluding carboxylic acids is 1. The fraction of sp³-hybridized carbons (Fsp3) is 0.300. The molecule has 1 aromatic carbocycles. The maximum absolute atomic E-state index is 11.5. The van der Waals surface area contributed by atoms with E-state index >= 15 is 0 Å². The van der Waals surface area contributed by atoms with Crippen LogP contribution < -0.4 is 5.32 Å². The van der Waals surface area contributed by atoms with Crippen LogP contribution in [0, 0.1) is 0 Å². The normalized spacial score (nSPS) is 12.1. The minimum Gasteiger partial charge on any atom is -0.504 e. The van der Waals surface area contributed by atoms with Crippen LogP contribution in [-0.4, -0.2) is 28.0 Å². The molecule has 0 aliphatic heterocycles. The molecule has 0 aromatic heterocycles. The molecule has 4 nitrogen and oxygen atoms in total. The van der Waals surface area contributed by atoms with Gasteiger partial charge >= 0.3 is 0 Å². The summed E-state index contributed by atoms with van der Waals surface area (Å²) in [5, 5.41) is 20.6. The number of hydrogen-bond donors (Lipinski definition) is 3. The number of halogens is 1. The highest BCUT2D eigenvalue weighted by atomic mass is 35.5. The lowest BCUT2D eigenvalue weighted by Gasteiger charge is -2.07. The highest BCUT2D eigenvalue weighted by Gasteiger charge is 2.08. The molecule has 0 radical (unpaired) electrons. The molecule has 5 heteroatoms. The van der Waals surface area contributed by atoms with Crippen molar-refractivity contribution in [2.24, 2.45) is 0 Å². The van der Waals surface area contributed by atoms with Crippen LogP contribution in [0.5, 0.6) is 11.5 Å². The van der Waals surface area contributed by atoms with Crippen LogP contribution in [-0.2, 0) is 0 Å². The number of carbonyl (C=O) groups is 1. The number of rotatable bonds is 3. The van der Waals surface area contributed by atoms with Gasteiger partial charge in [-0.1, -0.05) is 0 Å². The lowest BCUT2D eigenvalue weighted by atomic mass is 10.2. The van der Waals surface area contributed by atoms with E-state index in [2.05, 4.69) is 5.32 Å². The standard InChI is InChI=1S/C10H12ClNO3/c1-6(11)5-12-10(15)7-2-3-8(13)9(14)4-7/h2-4,6,13-14H,5H2,1H3,(H,12,15). The van der Waals surface area contributed by atoms with Crippen molar-refractivity contribution in [3.05, 3.63) is 23.8 Å². The zero-order chi connectivity index (χ0) is 11.4. The number of nitrogens with one attached hydrogen (secondary N) is 1. The third-order valence-corrected chi connectivity index (χ3v) is 1.94. The van der Waals surface area contributed by atoms with E-state index in [0.29, 0.717) is 6.54 Å². The summed E-state index contributed by atoms with van der Waals surface area (Å²) in [4.78, 5) is 11.5. The lowest BCUT2D eigenvalue weighted by molar-refractivity contribution is 0.0953. The van der Waals surface area contributed by atoms with Crippen molar-refractivity contribution in [3.63, 3.8) is 0 Å².